The van der Waals surface area contributed by atoms with Crippen LogP contribution in [0.1, 0.15) is 60.3 Å². The molecule has 2 aliphatic heterocycles. The molecule has 5 nitrogen and oxygen atoms in total. The molecule has 1 aliphatic carbocycles. The Hall–Kier alpha value is -3.31. The van der Waals surface area contributed by atoms with Gasteiger partial charge >= 0.3 is 6.09 Å². The van der Waals surface area contributed by atoms with Crippen molar-refractivity contribution in [2.24, 2.45) is 0 Å². The van der Waals surface area contributed by atoms with E-state index in [0.717, 1.165) is 36.1 Å². The number of rotatable bonds is 4. The van der Waals surface area contributed by atoms with Gasteiger partial charge in [-0.1, -0.05) is 54.6 Å². The van der Waals surface area contributed by atoms with Gasteiger partial charge in [0.15, 0.2) is 0 Å². The molecule has 3 aliphatic rings. The molecule has 36 heavy (non-hydrogen) atoms. The molecule has 3 aromatic rings. The highest BCUT2D eigenvalue weighted by Crippen LogP contribution is 2.47. The molecule has 1 amide bonds. The van der Waals surface area contributed by atoms with Crippen LogP contribution in [-0.4, -0.2) is 41.9 Å². The van der Waals surface area contributed by atoms with Gasteiger partial charge in [0.25, 0.3) is 0 Å². The van der Waals surface area contributed by atoms with E-state index >= 15 is 0 Å². The third kappa shape index (κ3) is 3.77. The molecule has 186 valence electrons. The molecule has 0 aromatic heterocycles. The fourth-order valence-corrected chi connectivity index (χ4v) is 6.85. The molecule has 2 bridgehead atoms. The SMILES string of the molecule is COc1ccc(C)c(C2(O)CC3CCCC(C2)N3C(=O)OCC2c3ccccc3-c3ccccc32)c1. The fourth-order valence-electron chi connectivity index (χ4n) is 6.85. The van der Waals surface area contributed by atoms with E-state index in [2.05, 4.69) is 48.5 Å². The second kappa shape index (κ2) is 8.97. The molecule has 6 rings (SSSR count). The summed E-state index contributed by atoms with van der Waals surface area (Å²) in [4.78, 5) is 15.4. The van der Waals surface area contributed by atoms with Crippen LogP contribution >= 0.6 is 0 Å². The van der Waals surface area contributed by atoms with Gasteiger partial charge in [0, 0.05) is 30.8 Å². The van der Waals surface area contributed by atoms with Crippen molar-refractivity contribution in [1.82, 2.24) is 4.90 Å². The van der Waals surface area contributed by atoms with Crippen LogP contribution in [0.15, 0.2) is 66.7 Å². The van der Waals surface area contributed by atoms with E-state index in [1.165, 1.54) is 22.3 Å². The van der Waals surface area contributed by atoms with E-state index < -0.39 is 5.60 Å². The highest BCUT2D eigenvalue weighted by atomic mass is 16.6. The number of methoxy groups -OCH3 is 1. The number of piperidine rings is 2. The van der Waals surface area contributed by atoms with Gasteiger partial charge in [0.05, 0.1) is 12.7 Å². The van der Waals surface area contributed by atoms with Gasteiger partial charge in [-0.3, -0.25) is 0 Å². The van der Waals surface area contributed by atoms with Crippen molar-refractivity contribution in [3.63, 3.8) is 0 Å². The lowest BCUT2D eigenvalue weighted by atomic mass is 9.71. The maximum Gasteiger partial charge on any atom is 0.410 e. The number of aryl methyl sites for hydroxylation is 1. The molecule has 2 saturated heterocycles. The Morgan fingerprint density at radius 2 is 1.58 bits per heavy atom. The Morgan fingerprint density at radius 3 is 2.19 bits per heavy atom. The number of ether oxygens (including phenoxy) is 2. The minimum Gasteiger partial charge on any atom is -0.497 e. The molecule has 3 aromatic carbocycles. The van der Waals surface area contributed by atoms with Crippen molar-refractivity contribution < 1.29 is 19.4 Å². The maximum absolute atomic E-state index is 13.5. The molecule has 0 radical (unpaired) electrons. The molecule has 2 fully saturated rings. The van der Waals surface area contributed by atoms with Crippen LogP contribution < -0.4 is 4.74 Å². The van der Waals surface area contributed by atoms with Crippen LogP contribution in [0, 0.1) is 6.92 Å². The third-order valence-electron chi connectivity index (χ3n) is 8.50. The van der Waals surface area contributed by atoms with E-state index in [0.29, 0.717) is 19.4 Å². The summed E-state index contributed by atoms with van der Waals surface area (Å²) >= 11 is 0. The average Bonchev–Trinajstić information content (AvgIpc) is 3.20. The third-order valence-corrected chi connectivity index (χ3v) is 8.50. The first-order chi connectivity index (χ1) is 17.5. The zero-order valence-corrected chi connectivity index (χ0v) is 20.9. The number of benzene rings is 3. The second-order valence-electron chi connectivity index (χ2n) is 10.6. The van der Waals surface area contributed by atoms with Gasteiger partial charge in [0.1, 0.15) is 12.4 Å². The summed E-state index contributed by atoms with van der Waals surface area (Å²) in [5, 5.41) is 11.8. The predicted octanol–water partition coefficient (Wildman–Crippen LogP) is 6.16. The lowest BCUT2D eigenvalue weighted by Crippen LogP contribution is -2.59. The van der Waals surface area contributed by atoms with Crippen molar-refractivity contribution in [2.75, 3.05) is 13.7 Å². The normalized spacial score (nSPS) is 24.7. The monoisotopic (exact) mass is 483 g/mol. The standard InChI is InChI=1S/C31H33NO4/c1-20-14-15-23(35-2)16-29(20)31(34)17-21-8-7-9-22(18-31)32(21)30(33)36-19-28-26-12-5-3-10-24(26)25-11-4-6-13-27(25)28/h3-6,10-16,21-22,28,34H,7-9,17-19H2,1-2H3. The summed E-state index contributed by atoms with van der Waals surface area (Å²) in [5.74, 6) is 0.787. The van der Waals surface area contributed by atoms with Crippen LogP contribution in [0.25, 0.3) is 11.1 Å². The number of hydrogen-bond donors (Lipinski definition) is 1. The van der Waals surface area contributed by atoms with Gasteiger partial charge in [-0.05, 0) is 71.7 Å². The van der Waals surface area contributed by atoms with E-state index in [1.54, 1.807) is 7.11 Å². The maximum atomic E-state index is 13.5. The van der Waals surface area contributed by atoms with Crippen molar-refractivity contribution in [3.05, 3.63) is 89.0 Å². The van der Waals surface area contributed by atoms with Crippen molar-refractivity contribution >= 4 is 6.09 Å². The predicted molar refractivity (Wildman–Crippen MR) is 139 cm³/mol. The van der Waals surface area contributed by atoms with Crippen LogP contribution in [-0.2, 0) is 10.3 Å². The van der Waals surface area contributed by atoms with Gasteiger partial charge in [-0.25, -0.2) is 4.79 Å². The molecule has 2 unspecified atom stereocenters. The van der Waals surface area contributed by atoms with E-state index in [9.17, 15) is 9.90 Å². The Kier molecular flexibility index (Phi) is 5.76. The van der Waals surface area contributed by atoms with Crippen molar-refractivity contribution in [2.45, 2.75) is 62.6 Å². The molecule has 2 atom stereocenters. The Labute approximate surface area is 212 Å². The lowest BCUT2D eigenvalue weighted by Gasteiger charge is -2.51. The van der Waals surface area contributed by atoms with Gasteiger partial charge in [-0.2, -0.15) is 0 Å². The Morgan fingerprint density at radius 1 is 0.972 bits per heavy atom. The second-order valence-corrected chi connectivity index (χ2v) is 10.6. The summed E-state index contributed by atoms with van der Waals surface area (Å²) in [6, 6.07) is 22.6. The molecule has 0 saturated carbocycles. The van der Waals surface area contributed by atoms with Gasteiger partial charge in [0.2, 0.25) is 0 Å². The van der Waals surface area contributed by atoms with Gasteiger partial charge < -0.3 is 19.5 Å². The molecule has 0 spiro atoms. The quantitative estimate of drug-likeness (QED) is 0.483. The topological polar surface area (TPSA) is 59.0 Å². The number of amides is 1. The number of aliphatic hydroxyl groups is 1. The summed E-state index contributed by atoms with van der Waals surface area (Å²) in [5.41, 5.74) is 5.86. The zero-order chi connectivity index (χ0) is 24.9. The Balaban J connectivity index is 1.21. The summed E-state index contributed by atoms with van der Waals surface area (Å²) in [7, 11) is 1.65. The van der Waals surface area contributed by atoms with E-state index in [1.807, 2.05) is 30.0 Å². The van der Waals surface area contributed by atoms with E-state index in [-0.39, 0.29) is 24.1 Å². The van der Waals surface area contributed by atoms with Crippen LogP contribution in [0.5, 0.6) is 5.75 Å². The van der Waals surface area contributed by atoms with E-state index in [4.69, 9.17) is 9.47 Å². The fraction of sp³-hybridized carbons (Fsp3) is 0.387. The summed E-state index contributed by atoms with van der Waals surface area (Å²) in [6.07, 6.45) is 3.60. The number of carbonyl (C=O) groups excluding carboxylic acids is 1. The lowest BCUT2D eigenvalue weighted by molar-refractivity contribution is -0.0894. The average molecular weight is 484 g/mol. The molecule has 2 heterocycles. The van der Waals surface area contributed by atoms with Gasteiger partial charge in [-0.15, -0.1) is 0 Å². The summed E-state index contributed by atoms with van der Waals surface area (Å²) < 4.78 is 11.5. The molecule has 1 N–H and O–H groups in total. The number of nitrogens with zero attached hydrogens (tertiary/aromatic N) is 1. The molecular formula is C31H33NO4. The highest BCUT2D eigenvalue weighted by Gasteiger charge is 2.49. The summed E-state index contributed by atoms with van der Waals surface area (Å²) in [6.45, 7) is 2.35. The minimum atomic E-state index is -0.978. The largest absolute Gasteiger partial charge is 0.497 e. The number of fused-ring (bicyclic) bond motifs is 5. The smallest absolute Gasteiger partial charge is 0.410 e. The minimum absolute atomic E-state index is 0.0382. The molecular weight excluding hydrogens is 450 g/mol. The van der Waals surface area contributed by atoms with Crippen LogP contribution in [0.3, 0.4) is 0 Å². The Bertz CT molecular complexity index is 1240. The van der Waals surface area contributed by atoms with Crippen LogP contribution in [0.2, 0.25) is 0 Å². The van der Waals surface area contributed by atoms with Crippen molar-refractivity contribution in [1.29, 1.82) is 0 Å². The number of hydrogen-bond acceptors (Lipinski definition) is 4. The van der Waals surface area contributed by atoms with Crippen LogP contribution in [0.4, 0.5) is 4.79 Å². The zero-order valence-electron chi connectivity index (χ0n) is 20.9. The van der Waals surface area contributed by atoms with Crippen molar-refractivity contribution in [3.8, 4) is 16.9 Å². The number of carbonyl (C=O) groups is 1. The highest BCUT2D eigenvalue weighted by molar-refractivity contribution is 5.79. The molecule has 5 heteroatoms. The first kappa shape index (κ1) is 23.1. The first-order valence-corrected chi connectivity index (χ1v) is 13.0. The first-order valence-electron chi connectivity index (χ1n) is 13.0.